The molecule has 0 saturated carbocycles. The van der Waals surface area contributed by atoms with Gasteiger partial charge in [-0.15, -0.1) is 0 Å². The molecule has 1 aromatic carbocycles. The summed E-state index contributed by atoms with van der Waals surface area (Å²) < 4.78 is 61.8. The highest BCUT2D eigenvalue weighted by Gasteiger charge is 2.33. The van der Waals surface area contributed by atoms with Gasteiger partial charge in [0.25, 0.3) is 6.43 Å². The topological polar surface area (TPSA) is 12.0 Å². The summed E-state index contributed by atoms with van der Waals surface area (Å²) in [6.07, 6.45) is -7.27. The average Bonchev–Trinajstić information content (AvgIpc) is 2.16. The minimum atomic E-state index is -4.55. The third-order valence-electron chi connectivity index (χ3n) is 1.99. The fourth-order valence-electron chi connectivity index (χ4n) is 1.16. The lowest BCUT2D eigenvalue weighted by Crippen LogP contribution is -2.25. The molecule has 6 heteroatoms. The second kappa shape index (κ2) is 4.67. The number of rotatable bonds is 3. The lowest BCUT2D eigenvalue weighted by Gasteiger charge is -2.18. The van der Waals surface area contributed by atoms with Crippen LogP contribution >= 0.6 is 0 Å². The Kier molecular flexibility index (Phi) is 3.72. The van der Waals surface area contributed by atoms with Gasteiger partial charge in [-0.25, -0.2) is 8.78 Å². The van der Waals surface area contributed by atoms with Crippen LogP contribution in [0.15, 0.2) is 24.3 Å². The van der Waals surface area contributed by atoms with Gasteiger partial charge < -0.3 is 5.32 Å². The Hall–Kier alpha value is -1.33. The molecule has 16 heavy (non-hydrogen) atoms. The summed E-state index contributed by atoms with van der Waals surface area (Å²) in [5.74, 6) is 0. The van der Waals surface area contributed by atoms with Crippen molar-refractivity contribution in [1.29, 1.82) is 0 Å². The van der Waals surface area contributed by atoms with E-state index in [-0.39, 0.29) is 5.69 Å². The highest BCUT2D eigenvalue weighted by molar-refractivity contribution is 5.53. The van der Waals surface area contributed by atoms with Gasteiger partial charge in [0.15, 0.2) is 0 Å². The van der Waals surface area contributed by atoms with Crippen LogP contribution in [-0.2, 0) is 6.18 Å². The van der Waals surface area contributed by atoms with Crippen molar-refractivity contribution in [3.8, 4) is 0 Å². The first kappa shape index (κ1) is 12.7. The molecule has 90 valence electrons. The van der Waals surface area contributed by atoms with Crippen molar-refractivity contribution in [3.05, 3.63) is 29.8 Å². The summed E-state index contributed by atoms with van der Waals surface area (Å²) >= 11 is 0. The van der Waals surface area contributed by atoms with E-state index in [4.69, 9.17) is 0 Å². The van der Waals surface area contributed by atoms with E-state index in [1.807, 2.05) is 0 Å². The Labute approximate surface area is 89.3 Å². The molecule has 0 radical (unpaired) electrons. The summed E-state index contributed by atoms with van der Waals surface area (Å²) in [7, 11) is 0. The third kappa shape index (κ3) is 3.08. The first-order valence-corrected chi connectivity index (χ1v) is 4.53. The highest BCUT2D eigenvalue weighted by atomic mass is 19.4. The molecule has 0 fully saturated rings. The molecule has 0 bridgehead atoms. The van der Waals surface area contributed by atoms with Crippen LogP contribution in [0.5, 0.6) is 0 Å². The Morgan fingerprint density at radius 1 is 1.12 bits per heavy atom. The van der Waals surface area contributed by atoms with Crippen LogP contribution in [0.4, 0.5) is 27.6 Å². The number of benzene rings is 1. The van der Waals surface area contributed by atoms with Crippen molar-refractivity contribution < 1.29 is 22.0 Å². The number of nitrogens with one attached hydrogen (secondary N) is 1. The molecular weight excluding hydrogens is 229 g/mol. The zero-order valence-electron chi connectivity index (χ0n) is 8.35. The standard InChI is InChI=1S/C10H10F5N/c1-6(9(11)12)16-8-5-3-2-4-7(8)10(13,14)15/h2-6,9,16H,1H3. The fraction of sp³-hybridized carbons (Fsp3) is 0.400. The van der Waals surface area contributed by atoms with Crippen LogP contribution in [0, 0.1) is 0 Å². The molecule has 1 N–H and O–H groups in total. The van der Waals surface area contributed by atoms with Crippen LogP contribution in [-0.4, -0.2) is 12.5 Å². The van der Waals surface area contributed by atoms with E-state index >= 15 is 0 Å². The summed E-state index contributed by atoms with van der Waals surface area (Å²) in [4.78, 5) is 0. The summed E-state index contributed by atoms with van der Waals surface area (Å²) in [5.41, 5.74) is -1.27. The van der Waals surface area contributed by atoms with Gasteiger partial charge >= 0.3 is 6.18 Å². The van der Waals surface area contributed by atoms with Crippen molar-refractivity contribution in [1.82, 2.24) is 0 Å². The Balaban J connectivity index is 2.96. The van der Waals surface area contributed by atoms with Gasteiger partial charge in [-0.1, -0.05) is 12.1 Å². The van der Waals surface area contributed by atoms with Gasteiger partial charge in [0.1, 0.15) is 0 Å². The van der Waals surface area contributed by atoms with E-state index in [1.54, 1.807) is 0 Å². The molecule has 0 saturated heterocycles. The largest absolute Gasteiger partial charge is 0.418 e. The molecule has 0 amide bonds. The van der Waals surface area contributed by atoms with Gasteiger partial charge in [-0.3, -0.25) is 0 Å². The zero-order chi connectivity index (χ0) is 12.3. The molecule has 0 aliphatic carbocycles. The van der Waals surface area contributed by atoms with Crippen LogP contribution in [0.25, 0.3) is 0 Å². The van der Waals surface area contributed by atoms with E-state index in [1.165, 1.54) is 12.1 Å². The molecule has 1 atom stereocenters. The first-order valence-electron chi connectivity index (χ1n) is 4.53. The highest BCUT2D eigenvalue weighted by Crippen LogP contribution is 2.34. The number of anilines is 1. The lowest BCUT2D eigenvalue weighted by atomic mass is 10.1. The van der Waals surface area contributed by atoms with E-state index in [2.05, 4.69) is 5.32 Å². The number of hydrogen-bond donors (Lipinski definition) is 1. The summed E-state index contributed by atoms with van der Waals surface area (Å²) in [6, 6.07) is 3.21. The minimum absolute atomic E-state index is 0.331. The van der Waals surface area contributed by atoms with Gasteiger partial charge in [0, 0.05) is 5.69 Å². The predicted molar refractivity (Wildman–Crippen MR) is 50.5 cm³/mol. The van der Waals surface area contributed by atoms with Gasteiger partial charge in [0.2, 0.25) is 0 Å². The predicted octanol–water partition coefficient (Wildman–Crippen LogP) is 3.77. The lowest BCUT2D eigenvalue weighted by molar-refractivity contribution is -0.137. The van der Waals surface area contributed by atoms with Gasteiger partial charge in [0.05, 0.1) is 11.6 Å². The number of alkyl halides is 5. The number of para-hydroxylation sites is 1. The molecule has 1 unspecified atom stereocenters. The molecular formula is C10H10F5N. The van der Waals surface area contributed by atoms with Crippen LogP contribution in [0.1, 0.15) is 12.5 Å². The molecule has 0 spiro atoms. The third-order valence-corrected chi connectivity index (χ3v) is 1.99. The van der Waals surface area contributed by atoms with E-state index in [9.17, 15) is 22.0 Å². The number of halogens is 5. The van der Waals surface area contributed by atoms with Crippen LogP contribution in [0.3, 0.4) is 0 Å². The molecule has 0 heterocycles. The Bertz CT molecular complexity index is 347. The van der Waals surface area contributed by atoms with Crippen molar-refractivity contribution >= 4 is 5.69 Å². The monoisotopic (exact) mass is 239 g/mol. The van der Waals surface area contributed by atoms with Gasteiger partial charge in [-0.05, 0) is 19.1 Å². The molecule has 1 nitrogen and oxygen atoms in total. The molecule has 0 aliphatic rings. The quantitative estimate of drug-likeness (QED) is 0.791. The Morgan fingerprint density at radius 3 is 2.19 bits per heavy atom. The molecule has 1 aromatic rings. The normalized spacial score (nSPS) is 13.9. The average molecular weight is 239 g/mol. The summed E-state index contributed by atoms with van der Waals surface area (Å²) in [6.45, 7) is 1.12. The second-order valence-corrected chi connectivity index (χ2v) is 3.31. The van der Waals surface area contributed by atoms with E-state index < -0.39 is 24.2 Å². The van der Waals surface area contributed by atoms with Crippen molar-refractivity contribution in [2.45, 2.75) is 25.6 Å². The number of hydrogen-bond acceptors (Lipinski definition) is 1. The van der Waals surface area contributed by atoms with Crippen LogP contribution < -0.4 is 5.32 Å². The Morgan fingerprint density at radius 2 is 1.69 bits per heavy atom. The van der Waals surface area contributed by atoms with Crippen molar-refractivity contribution in [2.75, 3.05) is 5.32 Å². The van der Waals surface area contributed by atoms with Crippen LogP contribution in [0.2, 0.25) is 0 Å². The summed E-state index contributed by atoms with van der Waals surface area (Å²) in [5, 5.41) is 2.15. The maximum absolute atomic E-state index is 12.5. The maximum Gasteiger partial charge on any atom is 0.418 e. The molecule has 1 rings (SSSR count). The van der Waals surface area contributed by atoms with Crippen molar-refractivity contribution in [3.63, 3.8) is 0 Å². The molecule has 0 aliphatic heterocycles. The minimum Gasteiger partial charge on any atom is -0.376 e. The van der Waals surface area contributed by atoms with Crippen molar-refractivity contribution in [2.24, 2.45) is 0 Å². The molecule has 0 aromatic heterocycles. The van der Waals surface area contributed by atoms with E-state index in [0.29, 0.717) is 0 Å². The van der Waals surface area contributed by atoms with Gasteiger partial charge in [-0.2, -0.15) is 13.2 Å². The fourth-order valence-corrected chi connectivity index (χ4v) is 1.16. The second-order valence-electron chi connectivity index (χ2n) is 3.31. The first-order chi connectivity index (χ1) is 7.32. The zero-order valence-corrected chi connectivity index (χ0v) is 8.35. The SMILES string of the molecule is CC(Nc1ccccc1C(F)(F)F)C(F)F. The van der Waals surface area contributed by atoms with E-state index in [0.717, 1.165) is 19.1 Å². The smallest absolute Gasteiger partial charge is 0.376 e. The maximum atomic E-state index is 12.5.